The Kier molecular flexibility index (Phi) is 4.91. The molecule has 2 saturated carbocycles. The Balaban J connectivity index is 1.27. The molecule has 4 unspecified atom stereocenters. The molecule has 3 aliphatic rings. The average Bonchev–Trinajstić information content (AvgIpc) is 3.39. The quantitative estimate of drug-likeness (QED) is 0.404. The van der Waals surface area contributed by atoms with Crippen molar-refractivity contribution in [3.05, 3.63) is 29.8 Å². The molecule has 1 aliphatic heterocycles. The molecule has 7 heteroatoms. The highest BCUT2D eigenvalue weighted by Crippen LogP contribution is 2.56. The number of ketones is 1. The minimum Gasteiger partial charge on any atom is -0.497 e. The van der Waals surface area contributed by atoms with Crippen LogP contribution in [0.25, 0.3) is 0 Å². The fourth-order valence-electron chi connectivity index (χ4n) is 4.99. The molecular formula is C21H23NO6. The summed E-state index contributed by atoms with van der Waals surface area (Å²) in [5.74, 6) is -0.391. The molecule has 0 N–H and O–H groups in total. The Bertz CT molecular complexity index is 806. The first kappa shape index (κ1) is 18.7. The molecule has 4 atom stereocenters. The first-order chi connectivity index (χ1) is 13.5. The lowest BCUT2D eigenvalue weighted by atomic mass is 9.81. The van der Waals surface area contributed by atoms with Crippen LogP contribution in [-0.4, -0.2) is 48.7 Å². The van der Waals surface area contributed by atoms with Crippen LogP contribution in [0.4, 0.5) is 0 Å². The van der Waals surface area contributed by atoms with Gasteiger partial charge >= 0.3 is 5.97 Å². The lowest BCUT2D eigenvalue weighted by Gasteiger charge is -2.19. The minimum atomic E-state index is -0.600. The molecule has 1 heterocycles. The van der Waals surface area contributed by atoms with Gasteiger partial charge in [-0.25, -0.2) is 0 Å². The number of methoxy groups -OCH3 is 1. The van der Waals surface area contributed by atoms with E-state index < -0.39 is 5.97 Å². The van der Waals surface area contributed by atoms with Crippen LogP contribution < -0.4 is 4.74 Å². The summed E-state index contributed by atoms with van der Waals surface area (Å²) >= 11 is 0. The first-order valence-electron chi connectivity index (χ1n) is 9.67. The lowest BCUT2D eigenvalue weighted by Crippen LogP contribution is -2.35. The van der Waals surface area contributed by atoms with Crippen molar-refractivity contribution < 1.29 is 28.7 Å². The third kappa shape index (κ3) is 3.19. The van der Waals surface area contributed by atoms with Gasteiger partial charge in [-0.2, -0.15) is 0 Å². The van der Waals surface area contributed by atoms with Crippen molar-refractivity contribution in [1.82, 2.24) is 4.90 Å². The molecular weight excluding hydrogens is 362 g/mol. The van der Waals surface area contributed by atoms with E-state index in [0.29, 0.717) is 23.1 Å². The number of carbonyl (C=O) groups excluding carboxylic acids is 4. The zero-order valence-electron chi connectivity index (χ0n) is 15.8. The van der Waals surface area contributed by atoms with Gasteiger partial charge in [-0.1, -0.05) is 12.1 Å². The first-order valence-corrected chi connectivity index (χ1v) is 9.67. The molecule has 0 aromatic heterocycles. The maximum Gasteiger partial charge on any atom is 0.308 e. The summed E-state index contributed by atoms with van der Waals surface area (Å²) in [6, 6.07) is 6.59. The Morgan fingerprint density at radius 2 is 1.79 bits per heavy atom. The van der Waals surface area contributed by atoms with E-state index in [0.717, 1.165) is 19.3 Å². The van der Waals surface area contributed by atoms with Crippen LogP contribution >= 0.6 is 0 Å². The predicted molar refractivity (Wildman–Crippen MR) is 97.4 cm³/mol. The van der Waals surface area contributed by atoms with Gasteiger partial charge in [0.2, 0.25) is 11.8 Å². The number of likely N-dealkylation sites (tertiary alicyclic amines) is 1. The number of hydrogen-bond acceptors (Lipinski definition) is 6. The van der Waals surface area contributed by atoms with Crippen LogP contribution in [0.1, 0.15) is 36.0 Å². The van der Waals surface area contributed by atoms with Crippen LogP contribution in [-0.2, 0) is 19.1 Å². The van der Waals surface area contributed by atoms with Crippen LogP contribution in [0.3, 0.4) is 0 Å². The van der Waals surface area contributed by atoms with Gasteiger partial charge < -0.3 is 9.47 Å². The van der Waals surface area contributed by atoms with Crippen molar-refractivity contribution in [1.29, 1.82) is 0 Å². The maximum atomic E-state index is 12.6. The summed E-state index contributed by atoms with van der Waals surface area (Å²) in [7, 11) is 1.50. The van der Waals surface area contributed by atoms with Crippen molar-refractivity contribution in [3.8, 4) is 5.75 Å². The Hall–Kier alpha value is -2.70. The summed E-state index contributed by atoms with van der Waals surface area (Å²) in [6.07, 6.45) is 2.92. The van der Waals surface area contributed by atoms with E-state index in [1.807, 2.05) is 0 Å². The van der Waals surface area contributed by atoms with E-state index in [4.69, 9.17) is 9.47 Å². The molecule has 0 radical (unpaired) electrons. The van der Waals surface area contributed by atoms with Crippen molar-refractivity contribution in [2.24, 2.45) is 23.7 Å². The van der Waals surface area contributed by atoms with Crippen LogP contribution in [0.15, 0.2) is 24.3 Å². The molecule has 1 aromatic rings. The summed E-state index contributed by atoms with van der Waals surface area (Å²) in [6.45, 7) is -0.362. The second-order valence-corrected chi connectivity index (χ2v) is 7.78. The third-order valence-corrected chi connectivity index (χ3v) is 6.31. The van der Waals surface area contributed by atoms with E-state index in [-0.39, 0.29) is 49.0 Å². The smallest absolute Gasteiger partial charge is 0.308 e. The van der Waals surface area contributed by atoms with Crippen LogP contribution in [0.5, 0.6) is 5.75 Å². The van der Waals surface area contributed by atoms with Crippen molar-refractivity contribution in [3.63, 3.8) is 0 Å². The molecule has 28 heavy (non-hydrogen) atoms. The van der Waals surface area contributed by atoms with E-state index in [2.05, 4.69) is 0 Å². The molecule has 148 valence electrons. The lowest BCUT2D eigenvalue weighted by molar-refractivity contribution is -0.145. The molecule has 2 bridgehead atoms. The van der Waals surface area contributed by atoms with Gasteiger partial charge in [0.15, 0.2) is 12.4 Å². The van der Waals surface area contributed by atoms with E-state index in [1.165, 1.54) is 12.0 Å². The molecule has 1 saturated heterocycles. The summed E-state index contributed by atoms with van der Waals surface area (Å²) in [4.78, 5) is 50.6. The van der Waals surface area contributed by atoms with Crippen LogP contribution in [0, 0.1) is 23.7 Å². The van der Waals surface area contributed by atoms with Crippen LogP contribution in [0.2, 0.25) is 0 Å². The highest BCUT2D eigenvalue weighted by Gasteiger charge is 2.60. The fourth-order valence-corrected chi connectivity index (χ4v) is 4.99. The number of fused-ring (bicyclic) bond motifs is 5. The predicted octanol–water partition coefficient (Wildman–Crippen LogP) is 1.84. The van der Waals surface area contributed by atoms with Gasteiger partial charge in [0.05, 0.1) is 25.4 Å². The number of ether oxygens (including phenoxy) is 2. The number of Topliss-reactive ketones (excluding diaryl/α,β-unsaturated/α-hetero) is 1. The monoisotopic (exact) mass is 385 g/mol. The zero-order chi connectivity index (χ0) is 19.8. The number of nitrogens with zero attached hydrogens (tertiary/aromatic N) is 1. The number of imide groups is 1. The second-order valence-electron chi connectivity index (χ2n) is 7.78. The van der Waals surface area contributed by atoms with E-state index in [1.54, 1.807) is 24.3 Å². The molecule has 2 amide bonds. The largest absolute Gasteiger partial charge is 0.497 e. The molecule has 2 aliphatic carbocycles. The molecule has 4 rings (SSSR count). The summed E-state index contributed by atoms with van der Waals surface area (Å²) in [5, 5.41) is 0. The Morgan fingerprint density at radius 3 is 2.43 bits per heavy atom. The average molecular weight is 385 g/mol. The number of esters is 1. The SMILES string of the molecule is COc1cccc(C(=O)COC(=O)CCN2C(=O)C3C4CCC(C4)C3C2=O)c1. The van der Waals surface area contributed by atoms with Gasteiger partial charge in [0, 0.05) is 12.1 Å². The maximum absolute atomic E-state index is 12.6. The zero-order valence-corrected chi connectivity index (χ0v) is 15.8. The van der Waals surface area contributed by atoms with Crippen molar-refractivity contribution >= 4 is 23.6 Å². The summed E-state index contributed by atoms with van der Waals surface area (Å²) < 4.78 is 10.1. The van der Waals surface area contributed by atoms with Gasteiger partial charge in [0.25, 0.3) is 0 Å². The molecule has 7 nitrogen and oxygen atoms in total. The number of amides is 2. The van der Waals surface area contributed by atoms with E-state index in [9.17, 15) is 19.2 Å². The Morgan fingerprint density at radius 1 is 1.11 bits per heavy atom. The third-order valence-electron chi connectivity index (χ3n) is 6.31. The topological polar surface area (TPSA) is 90.0 Å². The number of benzene rings is 1. The van der Waals surface area contributed by atoms with Crippen molar-refractivity contribution in [2.45, 2.75) is 25.7 Å². The highest BCUT2D eigenvalue weighted by molar-refractivity contribution is 6.06. The minimum absolute atomic E-state index is 0.0241. The standard InChI is InChI=1S/C21H23NO6/c1-27-15-4-2-3-12(10-15)16(23)11-28-17(24)7-8-22-20(25)18-13-5-6-14(9-13)19(18)21(22)26/h2-4,10,13-14,18-19H,5-9,11H2,1H3. The number of hydrogen-bond donors (Lipinski definition) is 0. The second kappa shape index (κ2) is 7.37. The highest BCUT2D eigenvalue weighted by atomic mass is 16.5. The molecule has 1 aromatic carbocycles. The molecule has 3 fully saturated rings. The Labute approximate surface area is 163 Å². The van der Waals surface area contributed by atoms with Gasteiger partial charge in [0.1, 0.15) is 5.75 Å². The normalized spacial score (nSPS) is 27.8. The number of carbonyl (C=O) groups is 4. The molecule has 0 spiro atoms. The summed E-state index contributed by atoms with van der Waals surface area (Å²) in [5.41, 5.74) is 0.389. The number of rotatable bonds is 7. The van der Waals surface area contributed by atoms with Gasteiger partial charge in [-0.15, -0.1) is 0 Å². The van der Waals surface area contributed by atoms with Gasteiger partial charge in [-0.3, -0.25) is 24.1 Å². The van der Waals surface area contributed by atoms with Crippen molar-refractivity contribution in [2.75, 3.05) is 20.3 Å². The van der Waals surface area contributed by atoms with Gasteiger partial charge in [-0.05, 0) is 43.2 Å². The fraction of sp³-hybridized carbons (Fsp3) is 0.524. The van der Waals surface area contributed by atoms with E-state index >= 15 is 0 Å².